The first-order valence-electron chi connectivity index (χ1n) is 5.26. The Kier molecular flexibility index (Phi) is 8.27. The first kappa shape index (κ1) is 14.3. The fraction of sp³-hybridized carbons (Fsp3) is 0.900. The van der Waals surface area contributed by atoms with E-state index in [4.69, 9.17) is 9.84 Å². The van der Waals surface area contributed by atoms with Crippen LogP contribution in [-0.2, 0) is 9.53 Å². The predicted molar refractivity (Wildman–Crippen MR) is 58.7 cm³/mol. The molecule has 0 radical (unpaired) electrons. The van der Waals surface area contributed by atoms with Crippen LogP contribution in [0.25, 0.3) is 0 Å². The Labute approximate surface area is 91.4 Å². The van der Waals surface area contributed by atoms with Gasteiger partial charge in [0.25, 0.3) is 0 Å². The molecule has 1 unspecified atom stereocenters. The van der Waals surface area contributed by atoms with Crippen LogP contribution in [-0.4, -0.2) is 61.9 Å². The number of methoxy groups -OCH3 is 1. The number of amides is 1. The third-order valence-corrected chi connectivity index (χ3v) is 2.22. The molecule has 0 bridgehead atoms. The molecule has 0 saturated carbocycles. The maximum atomic E-state index is 11.4. The van der Waals surface area contributed by atoms with Crippen molar-refractivity contribution in [1.29, 1.82) is 0 Å². The van der Waals surface area contributed by atoms with E-state index in [1.165, 1.54) is 0 Å². The van der Waals surface area contributed by atoms with Gasteiger partial charge in [-0.05, 0) is 13.5 Å². The van der Waals surface area contributed by atoms with Crippen LogP contribution >= 0.6 is 0 Å². The molecule has 90 valence electrons. The Morgan fingerprint density at radius 3 is 2.73 bits per heavy atom. The minimum atomic E-state index is -0.0612. The number of carbonyl (C=O) groups excluding carboxylic acids is 1. The molecule has 1 amide bonds. The van der Waals surface area contributed by atoms with Gasteiger partial charge in [-0.15, -0.1) is 0 Å². The summed E-state index contributed by atoms with van der Waals surface area (Å²) in [5, 5.41) is 11.2. The fourth-order valence-corrected chi connectivity index (χ4v) is 1.36. The minimum Gasteiger partial charge on any atom is -0.395 e. The number of nitrogens with one attached hydrogen (secondary N) is 1. The molecule has 2 N–H and O–H groups in total. The van der Waals surface area contributed by atoms with Gasteiger partial charge >= 0.3 is 0 Å². The molecule has 0 aliphatic carbocycles. The summed E-state index contributed by atoms with van der Waals surface area (Å²) in [6.45, 7) is 6.08. The number of rotatable bonds is 8. The van der Waals surface area contributed by atoms with Crippen molar-refractivity contribution in [3.63, 3.8) is 0 Å². The van der Waals surface area contributed by atoms with E-state index in [9.17, 15) is 4.79 Å². The first-order chi connectivity index (χ1) is 7.15. The van der Waals surface area contributed by atoms with Crippen molar-refractivity contribution in [1.82, 2.24) is 10.2 Å². The van der Waals surface area contributed by atoms with Gasteiger partial charge in [0.2, 0.25) is 5.91 Å². The number of nitrogens with zero attached hydrogens (tertiary/aromatic N) is 1. The van der Waals surface area contributed by atoms with Crippen LogP contribution in [0.1, 0.15) is 13.8 Å². The van der Waals surface area contributed by atoms with E-state index in [1.807, 2.05) is 18.7 Å². The topological polar surface area (TPSA) is 61.8 Å². The van der Waals surface area contributed by atoms with Crippen molar-refractivity contribution in [2.75, 3.05) is 40.0 Å². The Bertz CT molecular complexity index is 176. The van der Waals surface area contributed by atoms with Crippen LogP contribution in [0.3, 0.4) is 0 Å². The summed E-state index contributed by atoms with van der Waals surface area (Å²) >= 11 is 0. The van der Waals surface area contributed by atoms with Gasteiger partial charge in [-0.25, -0.2) is 0 Å². The van der Waals surface area contributed by atoms with Crippen LogP contribution in [0.15, 0.2) is 0 Å². The summed E-state index contributed by atoms with van der Waals surface area (Å²) in [7, 11) is 1.65. The summed E-state index contributed by atoms with van der Waals surface area (Å²) in [5.74, 6) is -0.0612. The maximum Gasteiger partial charge on any atom is 0.234 e. The smallest absolute Gasteiger partial charge is 0.234 e. The molecular formula is C10H22N2O3. The molecule has 0 heterocycles. The molecule has 0 spiro atoms. The predicted octanol–water partition coefficient (Wildman–Crippen LogP) is -0.548. The molecule has 0 aromatic carbocycles. The Balaban J connectivity index is 3.91. The van der Waals surface area contributed by atoms with Crippen molar-refractivity contribution in [3.05, 3.63) is 0 Å². The van der Waals surface area contributed by atoms with Gasteiger partial charge in [0, 0.05) is 19.7 Å². The molecule has 1 atom stereocenters. The quantitative estimate of drug-likeness (QED) is 0.574. The minimum absolute atomic E-state index is 0.0223. The molecule has 0 aromatic rings. The average molecular weight is 218 g/mol. The number of hydrogen-bond acceptors (Lipinski definition) is 4. The zero-order valence-electron chi connectivity index (χ0n) is 9.82. The second-order valence-electron chi connectivity index (χ2n) is 3.44. The number of aliphatic hydroxyl groups excluding tert-OH is 1. The fourth-order valence-electron chi connectivity index (χ4n) is 1.36. The van der Waals surface area contributed by atoms with Crippen molar-refractivity contribution < 1.29 is 14.6 Å². The van der Waals surface area contributed by atoms with Crippen LogP contribution in [0.5, 0.6) is 0 Å². The van der Waals surface area contributed by atoms with E-state index in [2.05, 4.69) is 5.32 Å². The van der Waals surface area contributed by atoms with Crippen molar-refractivity contribution >= 4 is 5.91 Å². The van der Waals surface area contributed by atoms with Crippen LogP contribution in [0.4, 0.5) is 0 Å². The molecule has 5 heteroatoms. The zero-order chi connectivity index (χ0) is 11.7. The lowest BCUT2D eigenvalue weighted by Crippen LogP contribution is -2.43. The summed E-state index contributed by atoms with van der Waals surface area (Å²) in [4.78, 5) is 13.4. The van der Waals surface area contributed by atoms with Crippen LogP contribution in [0.2, 0.25) is 0 Å². The van der Waals surface area contributed by atoms with Crippen molar-refractivity contribution in [2.45, 2.75) is 19.9 Å². The highest BCUT2D eigenvalue weighted by molar-refractivity contribution is 5.78. The zero-order valence-corrected chi connectivity index (χ0v) is 9.82. The third kappa shape index (κ3) is 6.43. The summed E-state index contributed by atoms with van der Waals surface area (Å²) in [6.07, 6.45) is 0. The Hall–Kier alpha value is -0.650. The second-order valence-corrected chi connectivity index (χ2v) is 3.44. The van der Waals surface area contributed by atoms with Gasteiger partial charge in [-0.2, -0.15) is 0 Å². The van der Waals surface area contributed by atoms with Gasteiger partial charge in [-0.3, -0.25) is 9.69 Å². The molecule has 5 nitrogen and oxygen atoms in total. The molecule has 0 aliphatic heterocycles. The average Bonchev–Trinajstić information content (AvgIpc) is 2.23. The summed E-state index contributed by atoms with van der Waals surface area (Å²) in [6, 6.07) is 0.222. The number of ether oxygens (including phenoxy) is 1. The van der Waals surface area contributed by atoms with Gasteiger partial charge < -0.3 is 15.2 Å². The monoisotopic (exact) mass is 218 g/mol. The van der Waals surface area contributed by atoms with E-state index in [1.54, 1.807) is 7.11 Å². The van der Waals surface area contributed by atoms with Crippen molar-refractivity contribution in [3.8, 4) is 0 Å². The third-order valence-electron chi connectivity index (χ3n) is 2.22. The lowest BCUT2D eigenvalue weighted by atomic mass is 10.3. The van der Waals surface area contributed by atoms with Gasteiger partial charge in [0.05, 0.1) is 19.8 Å². The molecule has 0 saturated heterocycles. The Morgan fingerprint density at radius 2 is 2.27 bits per heavy atom. The summed E-state index contributed by atoms with van der Waals surface area (Å²) in [5.41, 5.74) is 0. The Morgan fingerprint density at radius 1 is 1.60 bits per heavy atom. The van der Waals surface area contributed by atoms with E-state index >= 15 is 0 Å². The highest BCUT2D eigenvalue weighted by Crippen LogP contribution is 1.98. The highest BCUT2D eigenvalue weighted by Gasteiger charge is 2.14. The van der Waals surface area contributed by atoms with Gasteiger partial charge in [-0.1, -0.05) is 6.92 Å². The molecule has 0 aromatic heterocycles. The van der Waals surface area contributed by atoms with Crippen LogP contribution < -0.4 is 5.32 Å². The lowest BCUT2D eigenvalue weighted by molar-refractivity contribution is -0.123. The largest absolute Gasteiger partial charge is 0.395 e. The second kappa shape index (κ2) is 8.64. The normalized spacial score (nSPS) is 12.9. The molecule has 0 aliphatic rings. The number of aliphatic hydroxyl groups is 1. The van der Waals surface area contributed by atoms with Crippen LogP contribution in [0, 0.1) is 0 Å². The maximum absolute atomic E-state index is 11.4. The number of likely N-dealkylation sites (N-methyl/N-ethyl adjacent to an activating group) is 1. The molecule has 15 heavy (non-hydrogen) atoms. The SMILES string of the molecule is CCN(CC(=O)NCCO)C(C)COC. The lowest BCUT2D eigenvalue weighted by Gasteiger charge is -2.26. The number of carbonyl (C=O) groups is 1. The molecule has 0 rings (SSSR count). The molecular weight excluding hydrogens is 196 g/mol. The first-order valence-corrected chi connectivity index (χ1v) is 5.26. The van der Waals surface area contributed by atoms with Gasteiger partial charge in [0.15, 0.2) is 0 Å². The molecule has 0 fully saturated rings. The van der Waals surface area contributed by atoms with E-state index in [-0.39, 0.29) is 18.6 Å². The summed E-state index contributed by atoms with van der Waals surface area (Å²) < 4.78 is 5.04. The highest BCUT2D eigenvalue weighted by atomic mass is 16.5. The number of hydrogen-bond donors (Lipinski definition) is 2. The van der Waals surface area contributed by atoms with E-state index in [0.29, 0.717) is 19.7 Å². The van der Waals surface area contributed by atoms with Gasteiger partial charge in [0.1, 0.15) is 0 Å². The van der Waals surface area contributed by atoms with E-state index in [0.717, 1.165) is 6.54 Å². The van der Waals surface area contributed by atoms with Crippen molar-refractivity contribution in [2.24, 2.45) is 0 Å². The van der Waals surface area contributed by atoms with E-state index < -0.39 is 0 Å². The standard InChI is InChI=1S/C10H22N2O3/c1-4-12(9(2)8-15-3)7-10(14)11-5-6-13/h9,13H,4-8H2,1-3H3,(H,11,14).